The Balaban J connectivity index is 1.81. The molecule has 0 atom stereocenters. The van der Waals surface area contributed by atoms with Gasteiger partial charge in [0.2, 0.25) is 5.13 Å². The van der Waals surface area contributed by atoms with Gasteiger partial charge in [0.25, 0.3) is 11.8 Å². The van der Waals surface area contributed by atoms with Crippen LogP contribution in [0.15, 0.2) is 48.5 Å². The Labute approximate surface area is 161 Å². The summed E-state index contributed by atoms with van der Waals surface area (Å²) in [5.41, 5.74) is 0.808. The second-order valence-electron chi connectivity index (χ2n) is 4.86. The van der Waals surface area contributed by atoms with Crippen molar-refractivity contribution in [1.29, 1.82) is 0 Å². The molecule has 0 fully saturated rings. The second-order valence-corrected chi connectivity index (χ2v) is 7.35. The molecule has 0 spiro atoms. The monoisotopic (exact) mass is 409 g/mol. The van der Waals surface area contributed by atoms with E-state index >= 15 is 0 Å². The highest BCUT2D eigenvalue weighted by Crippen LogP contribution is 2.18. The summed E-state index contributed by atoms with van der Waals surface area (Å²) < 4.78 is 1.30. The summed E-state index contributed by atoms with van der Waals surface area (Å²) in [4.78, 5) is 24.6. The average molecular weight is 410 g/mol. The zero-order valence-corrected chi connectivity index (χ0v) is 15.5. The van der Waals surface area contributed by atoms with Gasteiger partial charge in [0.1, 0.15) is 0 Å². The first-order valence-corrected chi connectivity index (χ1v) is 8.89. The number of halogens is 2. The number of benzene rings is 2. The van der Waals surface area contributed by atoms with E-state index in [2.05, 4.69) is 10.4 Å². The second kappa shape index (κ2) is 7.45. The molecule has 1 aromatic heterocycles. The van der Waals surface area contributed by atoms with Gasteiger partial charge in [-0.2, -0.15) is 4.68 Å². The van der Waals surface area contributed by atoms with Gasteiger partial charge in [-0.3, -0.25) is 14.9 Å². The Kier molecular flexibility index (Phi) is 5.29. The average Bonchev–Trinajstić information content (AvgIpc) is 2.95. The van der Waals surface area contributed by atoms with Crippen molar-refractivity contribution in [3.63, 3.8) is 0 Å². The van der Waals surface area contributed by atoms with Crippen molar-refractivity contribution in [3.05, 3.63) is 73.7 Å². The number of rotatable bonds is 3. The molecular weight excluding hydrogens is 401 g/mol. The molecule has 0 unspecified atom stereocenters. The Morgan fingerprint density at radius 2 is 1.48 bits per heavy atom. The SMILES string of the molecule is O=C(Nc1nn(C(=O)c2ccc(Cl)cc2)c(=S)s1)c1ccc(Cl)cc1. The van der Waals surface area contributed by atoms with Crippen LogP contribution < -0.4 is 5.32 Å². The van der Waals surface area contributed by atoms with Crippen molar-refractivity contribution in [3.8, 4) is 0 Å². The van der Waals surface area contributed by atoms with Crippen LogP contribution in [0.2, 0.25) is 10.0 Å². The molecule has 25 heavy (non-hydrogen) atoms. The molecule has 0 radical (unpaired) electrons. The molecule has 3 rings (SSSR count). The fraction of sp³-hybridized carbons (Fsp3) is 0. The summed E-state index contributed by atoms with van der Waals surface area (Å²) in [7, 11) is 0. The molecule has 2 aromatic carbocycles. The predicted octanol–water partition coefficient (Wildman–Crippen LogP) is 4.92. The highest BCUT2D eigenvalue weighted by Gasteiger charge is 2.15. The van der Waals surface area contributed by atoms with Crippen molar-refractivity contribution in [2.45, 2.75) is 0 Å². The predicted molar refractivity (Wildman–Crippen MR) is 102 cm³/mol. The number of carbonyl (C=O) groups excluding carboxylic acids is 2. The van der Waals surface area contributed by atoms with E-state index in [1.165, 1.54) is 0 Å². The van der Waals surface area contributed by atoms with E-state index in [1.54, 1.807) is 48.5 Å². The minimum Gasteiger partial charge on any atom is -0.296 e. The summed E-state index contributed by atoms with van der Waals surface area (Å²) in [6.45, 7) is 0. The molecule has 0 aliphatic carbocycles. The zero-order chi connectivity index (χ0) is 18.0. The third-order valence-electron chi connectivity index (χ3n) is 3.16. The molecule has 0 saturated heterocycles. The van der Waals surface area contributed by atoms with Gasteiger partial charge in [0, 0.05) is 21.2 Å². The first kappa shape index (κ1) is 17.8. The van der Waals surface area contributed by atoms with E-state index < -0.39 is 5.91 Å². The molecule has 3 aromatic rings. The lowest BCUT2D eigenvalue weighted by Gasteiger charge is -2.02. The van der Waals surface area contributed by atoms with Gasteiger partial charge in [-0.1, -0.05) is 34.5 Å². The molecule has 1 N–H and O–H groups in total. The van der Waals surface area contributed by atoms with E-state index in [4.69, 9.17) is 35.4 Å². The Morgan fingerprint density at radius 1 is 0.960 bits per heavy atom. The van der Waals surface area contributed by atoms with Crippen LogP contribution in [0.1, 0.15) is 20.7 Å². The molecule has 0 aliphatic rings. The van der Waals surface area contributed by atoms with Gasteiger partial charge < -0.3 is 0 Å². The standard InChI is InChI=1S/C16H9Cl2N3O2S2/c17-11-5-1-9(2-6-11)13(22)19-15-20-21(16(24)25-15)14(23)10-3-7-12(18)8-4-10/h1-8H,(H,19,20,22). The largest absolute Gasteiger partial charge is 0.296 e. The van der Waals surface area contributed by atoms with Crippen molar-refractivity contribution in [1.82, 2.24) is 9.78 Å². The Bertz CT molecular complexity index is 995. The zero-order valence-electron chi connectivity index (χ0n) is 12.4. The van der Waals surface area contributed by atoms with Gasteiger partial charge in [0.15, 0.2) is 3.95 Å². The van der Waals surface area contributed by atoms with E-state index in [0.717, 1.165) is 16.0 Å². The van der Waals surface area contributed by atoms with Crippen molar-refractivity contribution in [2.24, 2.45) is 0 Å². The maximum atomic E-state index is 12.5. The topological polar surface area (TPSA) is 64.0 Å². The van der Waals surface area contributed by atoms with Crippen molar-refractivity contribution in [2.75, 3.05) is 5.32 Å². The molecule has 1 heterocycles. The molecule has 5 nitrogen and oxygen atoms in total. The number of nitrogens with one attached hydrogen (secondary N) is 1. The molecule has 1 amide bonds. The quantitative estimate of drug-likeness (QED) is 0.623. The van der Waals surface area contributed by atoms with Gasteiger partial charge in [-0.05, 0) is 60.7 Å². The van der Waals surface area contributed by atoms with Gasteiger partial charge in [-0.15, -0.1) is 5.10 Å². The van der Waals surface area contributed by atoms with Crippen molar-refractivity contribution >= 4 is 63.7 Å². The smallest absolute Gasteiger partial charge is 0.280 e. The van der Waals surface area contributed by atoms with Crippen LogP contribution >= 0.6 is 46.8 Å². The minimum atomic E-state index is -0.398. The number of anilines is 1. The molecule has 0 saturated carbocycles. The summed E-state index contributed by atoms with van der Waals surface area (Å²) in [6.07, 6.45) is 0. The molecule has 126 valence electrons. The summed E-state index contributed by atoms with van der Waals surface area (Å²) in [6, 6.07) is 12.8. The third-order valence-corrected chi connectivity index (χ3v) is 4.81. The fourth-order valence-electron chi connectivity index (χ4n) is 1.94. The Hall–Kier alpha value is -2.06. The van der Waals surface area contributed by atoms with Crippen LogP contribution in [0.4, 0.5) is 5.13 Å². The summed E-state index contributed by atoms with van der Waals surface area (Å²) in [5.74, 6) is -0.767. The summed E-state index contributed by atoms with van der Waals surface area (Å²) in [5, 5.41) is 7.98. The van der Waals surface area contributed by atoms with Gasteiger partial charge in [-0.25, -0.2) is 0 Å². The van der Waals surface area contributed by atoms with Gasteiger partial charge >= 0.3 is 0 Å². The van der Waals surface area contributed by atoms with Crippen LogP contribution in [0.5, 0.6) is 0 Å². The van der Waals surface area contributed by atoms with E-state index in [-0.39, 0.29) is 15.0 Å². The number of carbonyl (C=O) groups is 2. The highest BCUT2D eigenvalue weighted by atomic mass is 35.5. The van der Waals surface area contributed by atoms with E-state index in [0.29, 0.717) is 21.2 Å². The minimum absolute atomic E-state index is 0.228. The Morgan fingerprint density at radius 3 is 2.04 bits per heavy atom. The lowest BCUT2D eigenvalue weighted by atomic mass is 10.2. The first-order valence-electron chi connectivity index (χ1n) is 6.91. The van der Waals surface area contributed by atoms with E-state index in [9.17, 15) is 9.59 Å². The lowest BCUT2D eigenvalue weighted by Crippen LogP contribution is -2.16. The molecule has 9 heteroatoms. The van der Waals surface area contributed by atoms with Crippen LogP contribution in [0.3, 0.4) is 0 Å². The normalized spacial score (nSPS) is 10.5. The third kappa shape index (κ3) is 4.13. The lowest BCUT2D eigenvalue weighted by molar-refractivity contribution is 0.0942. The maximum absolute atomic E-state index is 12.5. The number of amides is 1. The molecular formula is C16H9Cl2N3O2S2. The first-order chi connectivity index (χ1) is 11.9. The maximum Gasteiger partial charge on any atom is 0.280 e. The fourth-order valence-corrected chi connectivity index (χ4v) is 3.20. The number of hydrogen-bond donors (Lipinski definition) is 1. The van der Waals surface area contributed by atoms with Crippen LogP contribution in [-0.4, -0.2) is 21.6 Å². The number of nitrogens with zero attached hydrogens (tertiary/aromatic N) is 2. The molecule has 0 bridgehead atoms. The van der Waals surface area contributed by atoms with Gasteiger partial charge in [0.05, 0.1) is 0 Å². The van der Waals surface area contributed by atoms with E-state index in [1.807, 2.05) is 0 Å². The number of hydrogen-bond acceptors (Lipinski definition) is 5. The summed E-state index contributed by atoms with van der Waals surface area (Å²) >= 11 is 17.8. The van der Waals surface area contributed by atoms with Crippen LogP contribution in [-0.2, 0) is 0 Å². The van der Waals surface area contributed by atoms with Crippen molar-refractivity contribution < 1.29 is 9.59 Å². The molecule has 0 aliphatic heterocycles. The number of aromatic nitrogens is 2. The highest BCUT2D eigenvalue weighted by molar-refractivity contribution is 7.73. The van der Waals surface area contributed by atoms with Crippen LogP contribution in [0.25, 0.3) is 0 Å². The van der Waals surface area contributed by atoms with Crippen LogP contribution in [0, 0.1) is 3.95 Å².